The number of nitrogens with one attached hydrogen (secondary N) is 2. The van der Waals surface area contributed by atoms with Crippen molar-refractivity contribution in [1.29, 1.82) is 0 Å². The molecular formula is C31H33F3N8O. The van der Waals surface area contributed by atoms with E-state index in [1.807, 2.05) is 21.0 Å². The van der Waals surface area contributed by atoms with Gasteiger partial charge in [0.05, 0.1) is 11.3 Å². The summed E-state index contributed by atoms with van der Waals surface area (Å²) in [5.74, 6) is 0.204. The minimum atomic E-state index is -4.56. The van der Waals surface area contributed by atoms with Crippen molar-refractivity contribution in [3.63, 3.8) is 0 Å². The Hall–Kier alpha value is -4.42. The molecule has 1 aliphatic heterocycles. The molecule has 1 atom stereocenters. The number of alkyl halides is 3. The van der Waals surface area contributed by atoms with Crippen LogP contribution in [0, 0.1) is 12.8 Å². The molecule has 12 heteroatoms. The number of benzene rings is 2. The molecule has 224 valence electrons. The van der Waals surface area contributed by atoms with E-state index in [9.17, 15) is 18.0 Å². The second kappa shape index (κ2) is 12.8. The van der Waals surface area contributed by atoms with Crippen LogP contribution in [0.3, 0.4) is 0 Å². The van der Waals surface area contributed by atoms with Crippen LogP contribution in [0.5, 0.6) is 0 Å². The highest BCUT2D eigenvalue weighted by Crippen LogP contribution is 2.35. The molecule has 1 aliphatic rings. The van der Waals surface area contributed by atoms with E-state index in [0.717, 1.165) is 43.2 Å². The minimum absolute atomic E-state index is 0.0733. The Labute approximate surface area is 248 Å². The molecule has 0 spiro atoms. The Morgan fingerprint density at radius 3 is 2.63 bits per heavy atom. The maximum Gasteiger partial charge on any atom is 0.416 e. The zero-order valence-electron chi connectivity index (χ0n) is 24.2. The third-order valence-corrected chi connectivity index (χ3v) is 7.32. The summed E-state index contributed by atoms with van der Waals surface area (Å²) in [6.45, 7) is 4.49. The highest BCUT2D eigenvalue weighted by Gasteiger charge is 2.35. The number of likely N-dealkylation sites (tertiary alicyclic amines) is 1. The molecule has 0 radical (unpaired) electrons. The molecule has 5 rings (SSSR count). The molecule has 0 unspecified atom stereocenters. The van der Waals surface area contributed by atoms with Crippen molar-refractivity contribution in [2.45, 2.75) is 26.1 Å². The van der Waals surface area contributed by atoms with Crippen molar-refractivity contribution in [1.82, 2.24) is 29.7 Å². The molecule has 1 amide bonds. The van der Waals surface area contributed by atoms with Crippen LogP contribution in [0.25, 0.3) is 11.3 Å². The van der Waals surface area contributed by atoms with Gasteiger partial charge in [0.15, 0.2) is 0 Å². The van der Waals surface area contributed by atoms with Crippen LogP contribution in [0.2, 0.25) is 0 Å². The van der Waals surface area contributed by atoms with Gasteiger partial charge in [-0.1, -0.05) is 12.1 Å². The zero-order chi connectivity index (χ0) is 30.6. The number of carbonyl (C=O) groups excluding carboxylic acids is 1. The first-order valence-electron chi connectivity index (χ1n) is 13.9. The molecule has 4 aromatic rings. The van der Waals surface area contributed by atoms with Gasteiger partial charge in [-0.05, 0) is 81.4 Å². The third-order valence-electron chi connectivity index (χ3n) is 7.32. The Morgan fingerprint density at radius 1 is 1.09 bits per heavy atom. The van der Waals surface area contributed by atoms with E-state index in [2.05, 4.69) is 40.4 Å². The van der Waals surface area contributed by atoms with Crippen LogP contribution in [0.4, 0.5) is 30.5 Å². The lowest BCUT2D eigenvalue weighted by Crippen LogP contribution is -2.26. The first-order chi connectivity index (χ1) is 20.5. The van der Waals surface area contributed by atoms with E-state index in [0.29, 0.717) is 23.2 Å². The number of halogens is 3. The molecule has 2 aromatic heterocycles. The number of rotatable bonds is 9. The topological polar surface area (TPSA) is 99.2 Å². The van der Waals surface area contributed by atoms with Gasteiger partial charge in [0.1, 0.15) is 6.33 Å². The molecular weight excluding hydrogens is 557 g/mol. The molecule has 43 heavy (non-hydrogen) atoms. The van der Waals surface area contributed by atoms with E-state index < -0.39 is 17.6 Å². The molecule has 1 fully saturated rings. The van der Waals surface area contributed by atoms with E-state index in [-0.39, 0.29) is 23.4 Å². The number of nitrogens with zero attached hydrogens (tertiary/aromatic N) is 6. The maximum absolute atomic E-state index is 14.1. The Bertz CT molecular complexity index is 1580. The number of aryl methyl sites for hydroxylation is 1. The van der Waals surface area contributed by atoms with Crippen LogP contribution >= 0.6 is 0 Å². The van der Waals surface area contributed by atoms with Gasteiger partial charge < -0.3 is 15.5 Å². The lowest BCUT2D eigenvalue weighted by atomic mass is 10.0. The van der Waals surface area contributed by atoms with E-state index in [1.165, 1.54) is 18.5 Å². The Morgan fingerprint density at radius 2 is 1.88 bits per heavy atom. The van der Waals surface area contributed by atoms with Crippen LogP contribution in [0.1, 0.15) is 33.5 Å². The standard InChI is InChI=1S/C31H33F3N8O/c1-20-4-5-22(12-28(20)40-30-37-10-8-27(39-30)24-14-35-19-36-15-24)29(43)38-25-7-6-23(26(13-25)31(32,33)34)18-42-11-9-21(17-42)16-41(2)3/h4-8,10,12-15,19,21H,9,11,16-18H2,1-3H3,(H,38,43)(H,37,39,40)/t21-/m1/s1. The van der Waals surface area contributed by atoms with E-state index >= 15 is 0 Å². The molecule has 0 saturated carbocycles. The van der Waals surface area contributed by atoms with Gasteiger partial charge in [-0.2, -0.15) is 13.2 Å². The lowest BCUT2D eigenvalue weighted by Gasteiger charge is -2.21. The van der Waals surface area contributed by atoms with Crippen molar-refractivity contribution in [3.05, 3.63) is 89.6 Å². The summed E-state index contributed by atoms with van der Waals surface area (Å²) >= 11 is 0. The summed E-state index contributed by atoms with van der Waals surface area (Å²) in [6, 6.07) is 10.7. The predicted molar refractivity (Wildman–Crippen MR) is 159 cm³/mol. The fourth-order valence-corrected chi connectivity index (χ4v) is 5.25. The SMILES string of the molecule is Cc1ccc(C(=O)Nc2ccc(CN3CC[C@H](CN(C)C)C3)c(C(F)(F)F)c2)cc1Nc1nccc(-c2cncnc2)n1. The molecule has 0 aliphatic carbocycles. The summed E-state index contributed by atoms with van der Waals surface area (Å²) in [4.78, 5) is 34.1. The van der Waals surface area contributed by atoms with Crippen LogP contribution < -0.4 is 10.6 Å². The van der Waals surface area contributed by atoms with Crippen molar-refractivity contribution in [2.75, 3.05) is 44.4 Å². The number of anilines is 3. The van der Waals surface area contributed by atoms with Crippen molar-refractivity contribution >= 4 is 23.2 Å². The first-order valence-corrected chi connectivity index (χ1v) is 13.9. The molecule has 3 heterocycles. The highest BCUT2D eigenvalue weighted by molar-refractivity contribution is 6.05. The molecule has 2 N–H and O–H groups in total. The minimum Gasteiger partial charge on any atom is -0.324 e. The van der Waals surface area contributed by atoms with Gasteiger partial charge >= 0.3 is 6.18 Å². The van der Waals surface area contributed by atoms with Crippen molar-refractivity contribution in [2.24, 2.45) is 5.92 Å². The Balaban J connectivity index is 1.30. The van der Waals surface area contributed by atoms with Crippen LogP contribution in [-0.2, 0) is 12.7 Å². The van der Waals surface area contributed by atoms with Crippen LogP contribution in [-0.4, -0.2) is 69.4 Å². The fraction of sp³-hybridized carbons (Fsp3) is 0.323. The zero-order valence-corrected chi connectivity index (χ0v) is 24.2. The lowest BCUT2D eigenvalue weighted by molar-refractivity contribution is -0.138. The predicted octanol–water partition coefficient (Wildman–Crippen LogP) is 5.64. The summed E-state index contributed by atoms with van der Waals surface area (Å²) in [5.41, 5.74) is 2.54. The fourth-order valence-electron chi connectivity index (χ4n) is 5.25. The molecule has 2 aromatic carbocycles. The monoisotopic (exact) mass is 590 g/mol. The largest absolute Gasteiger partial charge is 0.416 e. The molecule has 0 bridgehead atoms. The smallest absolute Gasteiger partial charge is 0.324 e. The van der Waals surface area contributed by atoms with Crippen molar-refractivity contribution in [3.8, 4) is 11.3 Å². The van der Waals surface area contributed by atoms with Gasteiger partial charge in [0.25, 0.3) is 5.91 Å². The summed E-state index contributed by atoms with van der Waals surface area (Å²) in [6.07, 6.45) is 2.70. The Kier molecular flexibility index (Phi) is 8.97. The average molecular weight is 591 g/mol. The van der Waals surface area contributed by atoms with Gasteiger partial charge in [-0.3, -0.25) is 9.69 Å². The number of aromatic nitrogens is 4. The second-order valence-corrected chi connectivity index (χ2v) is 11.0. The molecule has 9 nitrogen and oxygen atoms in total. The number of carbonyl (C=O) groups is 1. The summed E-state index contributed by atoms with van der Waals surface area (Å²) in [7, 11) is 4.00. The normalized spacial score (nSPS) is 15.6. The number of amides is 1. The van der Waals surface area contributed by atoms with Gasteiger partial charge in [0.2, 0.25) is 5.95 Å². The van der Waals surface area contributed by atoms with E-state index in [1.54, 1.807) is 42.9 Å². The van der Waals surface area contributed by atoms with Crippen LogP contribution in [0.15, 0.2) is 67.4 Å². The van der Waals surface area contributed by atoms with Crippen molar-refractivity contribution < 1.29 is 18.0 Å². The van der Waals surface area contributed by atoms with Gasteiger partial charge in [-0.15, -0.1) is 0 Å². The van der Waals surface area contributed by atoms with Gasteiger partial charge in [0, 0.05) is 60.7 Å². The highest BCUT2D eigenvalue weighted by atomic mass is 19.4. The van der Waals surface area contributed by atoms with E-state index in [4.69, 9.17) is 0 Å². The van der Waals surface area contributed by atoms with Gasteiger partial charge in [-0.25, -0.2) is 19.9 Å². The average Bonchev–Trinajstić information content (AvgIpc) is 3.41. The molecule has 1 saturated heterocycles. The first kappa shape index (κ1) is 30.1. The quantitative estimate of drug-likeness (QED) is 0.259. The maximum atomic E-state index is 14.1. The summed E-state index contributed by atoms with van der Waals surface area (Å²) in [5, 5.41) is 5.76. The third kappa shape index (κ3) is 7.70. The number of hydrogen-bond acceptors (Lipinski definition) is 8. The second-order valence-electron chi connectivity index (χ2n) is 11.0. The summed E-state index contributed by atoms with van der Waals surface area (Å²) < 4.78 is 42.3. The number of hydrogen-bond donors (Lipinski definition) is 2.